The van der Waals surface area contributed by atoms with Gasteiger partial charge >= 0.3 is 0 Å². The number of ether oxygens (including phenoxy) is 2. The monoisotopic (exact) mass is 359 g/mol. The van der Waals surface area contributed by atoms with Gasteiger partial charge in [-0.3, -0.25) is 4.68 Å². The minimum atomic E-state index is 0.311. The van der Waals surface area contributed by atoms with Gasteiger partial charge in [-0.1, -0.05) is 6.92 Å². The molecule has 0 spiro atoms. The predicted molar refractivity (Wildman–Crippen MR) is 86.4 cm³/mol. The normalized spacial score (nSPS) is 20.0. The van der Waals surface area contributed by atoms with E-state index in [0.29, 0.717) is 18.6 Å². The van der Waals surface area contributed by atoms with E-state index in [1.165, 1.54) is 5.69 Å². The molecule has 1 N–H and O–H groups in total. The lowest BCUT2D eigenvalue weighted by molar-refractivity contribution is 0.176. The van der Waals surface area contributed by atoms with Gasteiger partial charge in [0.2, 0.25) is 0 Å². The Kier molecular flexibility index (Phi) is 7.16. The molecule has 6 heteroatoms. The topological polar surface area (TPSA) is 48.3 Å². The van der Waals surface area contributed by atoms with Crippen LogP contribution in [0.4, 0.5) is 0 Å². The minimum Gasteiger partial charge on any atom is -0.383 e. The predicted octanol–water partition coefficient (Wildman–Crippen LogP) is 2.76. The molecule has 1 aromatic heterocycles. The molecule has 2 heterocycles. The fourth-order valence-electron chi connectivity index (χ4n) is 2.79. The zero-order valence-corrected chi connectivity index (χ0v) is 14.6. The summed E-state index contributed by atoms with van der Waals surface area (Å²) in [5.41, 5.74) is 1.23. The van der Waals surface area contributed by atoms with Crippen LogP contribution in [0.15, 0.2) is 10.7 Å². The molecule has 0 aromatic carbocycles. The first-order valence-corrected chi connectivity index (χ1v) is 8.56. The Hall–Kier alpha value is -0.430. The summed E-state index contributed by atoms with van der Waals surface area (Å²) in [5.74, 6) is 0.636. The van der Waals surface area contributed by atoms with Crippen molar-refractivity contribution >= 4 is 15.9 Å². The molecule has 2 unspecified atom stereocenters. The number of rotatable bonds is 9. The van der Waals surface area contributed by atoms with Gasteiger partial charge in [-0.05, 0) is 47.7 Å². The zero-order valence-electron chi connectivity index (χ0n) is 13.0. The summed E-state index contributed by atoms with van der Waals surface area (Å²) >= 11 is 3.66. The summed E-state index contributed by atoms with van der Waals surface area (Å²) in [5, 5.41) is 8.14. The van der Waals surface area contributed by atoms with Crippen molar-refractivity contribution < 1.29 is 9.47 Å². The van der Waals surface area contributed by atoms with Crippen LogP contribution in [0.2, 0.25) is 0 Å². The van der Waals surface area contributed by atoms with E-state index >= 15 is 0 Å². The molecular formula is C15H26BrN3O2. The molecular weight excluding hydrogens is 334 g/mol. The zero-order chi connectivity index (χ0) is 15.1. The Morgan fingerprint density at radius 1 is 1.62 bits per heavy atom. The molecule has 1 aliphatic heterocycles. The largest absolute Gasteiger partial charge is 0.383 e. The number of nitrogens with zero attached hydrogens (tertiary/aromatic N) is 2. The van der Waals surface area contributed by atoms with Gasteiger partial charge < -0.3 is 14.8 Å². The Morgan fingerprint density at radius 2 is 2.48 bits per heavy atom. The first-order chi connectivity index (χ1) is 10.3. The van der Waals surface area contributed by atoms with E-state index in [9.17, 15) is 0 Å². The van der Waals surface area contributed by atoms with Crippen molar-refractivity contribution in [3.05, 3.63) is 16.4 Å². The van der Waals surface area contributed by atoms with E-state index in [2.05, 4.69) is 38.0 Å². The number of aromatic nitrogens is 2. The Balaban J connectivity index is 2.11. The molecule has 1 saturated heterocycles. The maximum absolute atomic E-state index is 5.52. The van der Waals surface area contributed by atoms with E-state index in [4.69, 9.17) is 9.47 Å². The Bertz CT molecular complexity index is 419. The van der Waals surface area contributed by atoms with Crippen LogP contribution in [-0.2, 0) is 16.0 Å². The molecule has 0 bridgehead atoms. The van der Waals surface area contributed by atoms with Crippen LogP contribution in [0.3, 0.4) is 0 Å². The number of halogens is 1. The van der Waals surface area contributed by atoms with Gasteiger partial charge in [0.25, 0.3) is 0 Å². The van der Waals surface area contributed by atoms with E-state index in [1.54, 1.807) is 7.11 Å². The lowest BCUT2D eigenvalue weighted by Crippen LogP contribution is -2.28. The molecule has 1 aliphatic rings. The van der Waals surface area contributed by atoms with E-state index < -0.39 is 0 Å². The quantitative estimate of drug-likeness (QED) is 0.736. The molecule has 0 radical (unpaired) electrons. The van der Waals surface area contributed by atoms with Crippen LogP contribution in [0.5, 0.6) is 0 Å². The molecule has 0 saturated carbocycles. The summed E-state index contributed by atoms with van der Waals surface area (Å²) in [6.07, 6.45) is 5.27. The van der Waals surface area contributed by atoms with E-state index in [0.717, 1.165) is 50.0 Å². The molecule has 2 rings (SSSR count). The summed E-state index contributed by atoms with van der Waals surface area (Å²) in [6, 6.07) is 0.311. The van der Waals surface area contributed by atoms with Crippen molar-refractivity contribution in [1.82, 2.24) is 15.1 Å². The molecule has 120 valence electrons. The molecule has 0 aliphatic carbocycles. The van der Waals surface area contributed by atoms with Crippen molar-refractivity contribution in [3.63, 3.8) is 0 Å². The summed E-state index contributed by atoms with van der Waals surface area (Å²) in [4.78, 5) is 0. The molecule has 5 nitrogen and oxygen atoms in total. The number of hydrogen-bond acceptors (Lipinski definition) is 4. The second-order valence-electron chi connectivity index (χ2n) is 5.57. The van der Waals surface area contributed by atoms with Gasteiger partial charge in [-0.25, -0.2) is 0 Å². The van der Waals surface area contributed by atoms with Gasteiger partial charge in [0.1, 0.15) is 0 Å². The number of methoxy groups -OCH3 is 1. The summed E-state index contributed by atoms with van der Waals surface area (Å²) in [6.45, 7) is 6.45. The second-order valence-corrected chi connectivity index (χ2v) is 6.42. The summed E-state index contributed by atoms with van der Waals surface area (Å²) in [7, 11) is 1.72. The van der Waals surface area contributed by atoms with Crippen LogP contribution < -0.4 is 5.32 Å². The SMILES string of the molecule is CCCNC(CC1CCOC1)c1c(Br)cnn1CCOC. The third-order valence-electron chi connectivity index (χ3n) is 3.90. The highest BCUT2D eigenvalue weighted by Crippen LogP contribution is 2.31. The molecule has 1 aromatic rings. The van der Waals surface area contributed by atoms with Crippen molar-refractivity contribution in [2.75, 3.05) is 33.5 Å². The first kappa shape index (κ1) is 16.9. The Morgan fingerprint density at radius 3 is 3.14 bits per heavy atom. The van der Waals surface area contributed by atoms with Crippen LogP contribution in [-0.4, -0.2) is 43.3 Å². The highest BCUT2D eigenvalue weighted by Gasteiger charge is 2.25. The van der Waals surface area contributed by atoms with E-state index in [1.807, 2.05) is 6.20 Å². The van der Waals surface area contributed by atoms with Crippen LogP contribution in [0, 0.1) is 5.92 Å². The molecule has 21 heavy (non-hydrogen) atoms. The smallest absolute Gasteiger partial charge is 0.0696 e. The van der Waals surface area contributed by atoms with Gasteiger partial charge in [-0.15, -0.1) is 0 Å². The van der Waals surface area contributed by atoms with Crippen LogP contribution in [0.25, 0.3) is 0 Å². The van der Waals surface area contributed by atoms with Gasteiger partial charge in [0.15, 0.2) is 0 Å². The highest BCUT2D eigenvalue weighted by molar-refractivity contribution is 9.10. The van der Waals surface area contributed by atoms with Gasteiger partial charge in [0.05, 0.1) is 35.6 Å². The lowest BCUT2D eigenvalue weighted by atomic mass is 9.97. The van der Waals surface area contributed by atoms with Crippen LogP contribution in [0.1, 0.15) is 37.9 Å². The maximum Gasteiger partial charge on any atom is 0.0696 e. The van der Waals surface area contributed by atoms with Crippen molar-refractivity contribution in [2.24, 2.45) is 5.92 Å². The van der Waals surface area contributed by atoms with Crippen LogP contribution >= 0.6 is 15.9 Å². The van der Waals surface area contributed by atoms with Gasteiger partial charge in [-0.2, -0.15) is 5.10 Å². The van der Waals surface area contributed by atoms with Gasteiger partial charge in [0, 0.05) is 20.3 Å². The molecule has 0 amide bonds. The van der Waals surface area contributed by atoms with Crippen molar-refractivity contribution in [2.45, 2.75) is 38.8 Å². The average molecular weight is 360 g/mol. The molecule has 2 atom stereocenters. The minimum absolute atomic E-state index is 0.311. The first-order valence-electron chi connectivity index (χ1n) is 7.77. The third-order valence-corrected chi connectivity index (χ3v) is 4.52. The fourth-order valence-corrected chi connectivity index (χ4v) is 3.36. The molecule has 1 fully saturated rings. The number of nitrogens with one attached hydrogen (secondary N) is 1. The van der Waals surface area contributed by atoms with Crippen molar-refractivity contribution in [3.8, 4) is 0 Å². The third kappa shape index (κ3) is 4.77. The fraction of sp³-hybridized carbons (Fsp3) is 0.800. The standard InChI is InChI=1S/C15H26BrN3O2/c1-3-5-17-14(9-12-4-7-21-11-12)15-13(16)10-18-19(15)6-8-20-2/h10,12,14,17H,3-9,11H2,1-2H3. The van der Waals surface area contributed by atoms with E-state index in [-0.39, 0.29) is 0 Å². The highest BCUT2D eigenvalue weighted by atomic mass is 79.9. The van der Waals surface area contributed by atoms with Crippen molar-refractivity contribution in [1.29, 1.82) is 0 Å². The average Bonchev–Trinajstić information content (AvgIpc) is 3.11. The summed E-state index contributed by atoms with van der Waals surface area (Å²) < 4.78 is 13.8. The Labute approximate surface area is 135 Å². The lowest BCUT2D eigenvalue weighted by Gasteiger charge is -2.23. The second kappa shape index (κ2) is 8.88. The maximum atomic E-state index is 5.52. The number of hydrogen-bond donors (Lipinski definition) is 1.